The largest absolute Gasteiger partial charge is 0.458 e. The molecular weight excluding hydrogens is 405 g/mol. The molecule has 0 bridgehead atoms. The first kappa shape index (κ1) is 26.4. The third-order valence-corrected chi connectivity index (χ3v) is 4.28. The molecule has 0 N–H and O–H groups in total. The van der Waals surface area contributed by atoms with Crippen molar-refractivity contribution in [1.82, 2.24) is 4.90 Å². The number of benzene rings is 1. The van der Waals surface area contributed by atoms with Gasteiger partial charge in [-0.3, -0.25) is 4.90 Å². The van der Waals surface area contributed by atoms with Gasteiger partial charge in [0.15, 0.2) is 6.10 Å². The van der Waals surface area contributed by atoms with E-state index in [-0.39, 0.29) is 19.4 Å². The molecule has 0 aromatic heterocycles. The third-order valence-electron chi connectivity index (χ3n) is 4.28. The van der Waals surface area contributed by atoms with Crippen molar-refractivity contribution in [2.24, 2.45) is 0 Å². The molecule has 0 radical (unpaired) electrons. The fraction of sp³-hybridized carbons (Fsp3) is 0.609. The molecule has 7 nitrogen and oxygen atoms in total. The van der Waals surface area contributed by atoms with Gasteiger partial charge >= 0.3 is 18.0 Å². The van der Waals surface area contributed by atoms with E-state index >= 15 is 0 Å². The van der Waals surface area contributed by atoms with Gasteiger partial charge in [-0.1, -0.05) is 30.3 Å². The molecule has 1 aromatic rings. The zero-order chi connectivity index (χ0) is 23.8. The van der Waals surface area contributed by atoms with Crippen LogP contribution in [0.5, 0.6) is 0 Å². The number of carbonyl (C=O) groups excluding carboxylic acids is 3. The SMILES string of the molecule is C[C@@H](OC(=O)[C@H](CCC(C)(C)F)N(C)C(=O)OC(C)(C)C)C(=O)OCc1ccccc1. The van der Waals surface area contributed by atoms with Gasteiger partial charge in [0.2, 0.25) is 0 Å². The van der Waals surface area contributed by atoms with E-state index < -0.39 is 41.4 Å². The van der Waals surface area contributed by atoms with Crippen LogP contribution in [0.15, 0.2) is 30.3 Å². The van der Waals surface area contributed by atoms with Crippen LogP contribution in [0.4, 0.5) is 9.18 Å². The highest BCUT2D eigenvalue weighted by molar-refractivity contribution is 5.84. The summed E-state index contributed by atoms with van der Waals surface area (Å²) in [6.45, 7) is 9.28. The van der Waals surface area contributed by atoms with Crippen molar-refractivity contribution in [3.8, 4) is 0 Å². The average molecular weight is 440 g/mol. The van der Waals surface area contributed by atoms with E-state index in [0.29, 0.717) is 0 Å². The molecule has 174 valence electrons. The van der Waals surface area contributed by atoms with Gasteiger partial charge in [0, 0.05) is 7.05 Å². The van der Waals surface area contributed by atoms with Gasteiger partial charge in [-0.05, 0) is 59.9 Å². The van der Waals surface area contributed by atoms with E-state index in [1.807, 2.05) is 18.2 Å². The number of carbonyl (C=O) groups is 3. The molecule has 0 aliphatic carbocycles. The summed E-state index contributed by atoms with van der Waals surface area (Å²) in [5.41, 5.74) is -1.52. The fourth-order valence-electron chi connectivity index (χ4n) is 2.56. The quantitative estimate of drug-likeness (QED) is 0.418. The van der Waals surface area contributed by atoms with E-state index in [9.17, 15) is 18.8 Å². The number of nitrogens with zero attached hydrogens (tertiary/aromatic N) is 1. The van der Waals surface area contributed by atoms with Crippen LogP contribution >= 0.6 is 0 Å². The topological polar surface area (TPSA) is 82.1 Å². The van der Waals surface area contributed by atoms with Gasteiger partial charge in [-0.15, -0.1) is 0 Å². The molecule has 0 aliphatic rings. The highest BCUT2D eigenvalue weighted by Crippen LogP contribution is 2.21. The summed E-state index contributed by atoms with van der Waals surface area (Å²) in [6, 6.07) is 7.96. The molecule has 8 heteroatoms. The normalized spacial score (nSPS) is 13.7. The van der Waals surface area contributed by atoms with Crippen molar-refractivity contribution in [3.63, 3.8) is 0 Å². The smallest absolute Gasteiger partial charge is 0.410 e. The number of hydrogen-bond acceptors (Lipinski definition) is 6. The van der Waals surface area contributed by atoms with Crippen LogP contribution in [0.25, 0.3) is 0 Å². The number of likely N-dealkylation sites (N-methyl/N-ethyl adjacent to an activating group) is 1. The molecule has 1 rings (SSSR count). The molecule has 0 saturated carbocycles. The lowest BCUT2D eigenvalue weighted by Gasteiger charge is -2.31. The maximum absolute atomic E-state index is 14.0. The monoisotopic (exact) mass is 439 g/mol. The van der Waals surface area contributed by atoms with Gasteiger partial charge in [-0.25, -0.2) is 18.8 Å². The predicted molar refractivity (Wildman–Crippen MR) is 114 cm³/mol. The summed E-state index contributed by atoms with van der Waals surface area (Å²) in [4.78, 5) is 38.5. The Morgan fingerprint density at radius 3 is 2.13 bits per heavy atom. The molecule has 1 amide bonds. The third kappa shape index (κ3) is 10.3. The van der Waals surface area contributed by atoms with Crippen LogP contribution in [0, 0.1) is 0 Å². The van der Waals surface area contributed by atoms with E-state index in [1.165, 1.54) is 27.8 Å². The maximum Gasteiger partial charge on any atom is 0.410 e. The Kier molecular flexibility index (Phi) is 9.46. The summed E-state index contributed by atoms with van der Waals surface area (Å²) < 4.78 is 29.8. The predicted octanol–water partition coefficient (Wildman–Crippen LogP) is 4.43. The molecule has 0 fully saturated rings. The average Bonchev–Trinajstić information content (AvgIpc) is 2.64. The zero-order valence-electron chi connectivity index (χ0n) is 19.4. The van der Waals surface area contributed by atoms with Crippen molar-refractivity contribution in [3.05, 3.63) is 35.9 Å². The molecule has 2 atom stereocenters. The van der Waals surface area contributed by atoms with Crippen molar-refractivity contribution in [2.75, 3.05) is 7.05 Å². The van der Waals surface area contributed by atoms with Crippen molar-refractivity contribution in [1.29, 1.82) is 0 Å². The maximum atomic E-state index is 14.0. The van der Waals surface area contributed by atoms with Crippen molar-refractivity contribution < 1.29 is 33.0 Å². The minimum Gasteiger partial charge on any atom is -0.458 e. The summed E-state index contributed by atoms with van der Waals surface area (Å²) in [5.74, 6) is -1.55. The molecule has 0 spiro atoms. The second kappa shape index (κ2) is 11.1. The molecule has 0 saturated heterocycles. The lowest BCUT2D eigenvalue weighted by molar-refractivity contribution is -0.170. The Hall–Kier alpha value is -2.64. The van der Waals surface area contributed by atoms with Crippen LogP contribution in [-0.4, -0.2) is 53.4 Å². The van der Waals surface area contributed by atoms with Gasteiger partial charge in [0.1, 0.15) is 23.9 Å². The molecule has 31 heavy (non-hydrogen) atoms. The summed E-state index contributed by atoms with van der Waals surface area (Å²) in [6.07, 6.45) is -1.93. The summed E-state index contributed by atoms with van der Waals surface area (Å²) in [5, 5.41) is 0. The first-order valence-corrected chi connectivity index (χ1v) is 10.3. The van der Waals surface area contributed by atoms with Gasteiger partial charge in [0.25, 0.3) is 0 Å². The summed E-state index contributed by atoms with van der Waals surface area (Å²) >= 11 is 0. The first-order valence-electron chi connectivity index (χ1n) is 10.3. The Bertz CT molecular complexity index is 739. The highest BCUT2D eigenvalue weighted by atomic mass is 19.1. The van der Waals surface area contributed by atoms with Crippen LogP contribution < -0.4 is 0 Å². The van der Waals surface area contributed by atoms with Crippen molar-refractivity contribution in [2.45, 2.75) is 84.4 Å². The van der Waals surface area contributed by atoms with Crippen LogP contribution in [0.3, 0.4) is 0 Å². The number of esters is 2. The number of hydrogen-bond donors (Lipinski definition) is 0. The zero-order valence-corrected chi connectivity index (χ0v) is 19.4. The highest BCUT2D eigenvalue weighted by Gasteiger charge is 2.34. The van der Waals surface area contributed by atoms with E-state index in [0.717, 1.165) is 10.5 Å². The lowest BCUT2D eigenvalue weighted by atomic mass is 10.00. The second-order valence-corrected chi connectivity index (χ2v) is 9.04. The number of ether oxygens (including phenoxy) is 3. The number of rotatable bonds is 9. The Morgan fingerprint density at radius 2 is 1.61 bits per heavy atom. The lowest BCUT2D eigenvalue weighted by Crippen LogP contribution is -2.47. The minimum absolute atomic E-state index is 0.00383. The second-order valence-electron chi connectivity index (χ2n) is 9.04. The van der Waals surface area contributed by atoms with Crippen LogP contribution in [-0.2, 0) is 30.4 Å². The molecule has 0 unspecified atom stereocenters. The van der Waals surface area contributed by atoms with Gasteiger partial charge in [-0.2, -0.15) is 0 Å². The molecule has 1 aromatic carbocycles. The minimum atomic E-state index is -1.55. The van der Waals surface area contributed by atoms with Crippen LogP contribution in [0.1, 0.15) is 59.9 Å². The Labute approximate surface area is 183 Å². The molecular formula is C23H34FNO6. The number of halogens is 1. The van der Waals surface area contributed by atoms with E-state index in [2.05, 4.69) is 0 Å². The van der Waals surface area contributed by atoms with Gasteiger partial charge in [0.05, 0.1) is 0 Å². The standard InChI is InChI=1S/C23H34FNO6/c1-16(19(26)29-15-17-11-9-8-10-12-17)30-20(27)18(13-14-23(5,6)24)25(7)21(28)31-22(2,3)4/h8-12,16,18H,13-15H2,1-7H3/t16-,18+/m1/s1. The van der Waals surface area contributed by atoms with E-state index in [1.54, 1.807) is 32.9 Å². The van der Waals surface area contributed by atoms with Crippen LogP contribution in [0.2, 0.25) is 0 Å². The van der Waals surface area contributed by atoms with Gasteiger partial charge < -0.3 is 14.2 Å². The van der Waals surface area contributed by atoms with Crippen molar-refractivity contribution >= 4 is 18.0 Å². The summed E-state index contributed by atoms with van der Waals surface area (Å²) in [7, 11) is 1.38. The Balaban J connectivity index is 2.80. The number of alkyl halides is 1. The van der Waals surface area contributed by atoms with E-state index in [4.69, 9.17) is 14.2 Å². The number of amides is 1. The fourth-order valence-corrected chi connectivity index (χ4v) is 2.56. The Morgan fingerprint density at radius 1 is 1.03 bits per heavy atom. The first-order chi connectivity index (χ1) is 14.2. The molecule has 0 heterocycles. The molecule has 0 aliphatic heterocycles.